The first kappa shape index (κ1) is 12.9. The Kier molecular flexibility index (Phi) is 3.57. The van der Waals surface area contributed by atoms with Gasteiger partial charge in [0.2, 0.25) is 0 Å². The van der Waals surface area contributed by atoms with Gasteiger partial charge in [0.25, 0.3) is 0 Å². The highest BCUT2D eigenvalue weighted by Gasteiger charge is 2.10. The summed E-state index contributed by atoms with van der Waals surface area (Å²) < 4.78 is 5.55. The van der Waals surface area contributed by atoms with E-state index >= 15 is 0 Å². The SMILES string of the molecule is Cc1ccc(-c2cnc(CCNC(C)(C)C)[nH]2)o1. The summed E-state index contributed by atoms with van der Waals surface area (Å²) >= 11 is 0. The molecule has 18 heavy (non-hydrogen) atoms. The molecule has 0 saturated carbocycles. The summed E-state index contributed by atoms with van der Waals surface area (Å²) in [6.07, 6.45) is 2.71. The highest BCUT2D eigenvalue weighted by Crippen LogP contribution is 2.19. The Labute approximate surface area is 108 Å². The molecule has 0 aliphatic carbocycles. The van der Waals surface area contributed by atoms with Gasteiger partial charge in [-0.05, 0) is 39.8 Å². The number of H-pyrrole nitrogens is 1. The zero-order chi connectivity index (χ0) is 13.2. The van der Waals surface area contributed by atoms with Crippen LogP contribution < -0.4 is 5.32 Å². The van der Waals surface area contributed by atoms with Crippen LogP contribution in [0.1, 0.15) is 32.4 Å². The van der Waals surface area contributed by atoms with Crippen molar-refractivity contribution in [2.45, 2.75) is 39.7 Å². The van der Waals surface area contributed by atoms with Crippen molar-refractivity contribution in [2.75, 3.05) is 6.54 Å². The van der Waals surface area contributed by atoms with Gasteiger partial charge >= 0.3 is 0 Å². The van der Waals surface area contributed by atoms with E-state index in [-0.39, 0.29) is 5.54 Å². The second kappa shape index (κ2) is 4.98. The van der Waals surface area contributed by atoms with Gasteiger partial charge in [0, 0.05) is 18.5 Å². The molecule has 0 spiro atoms. The number of nitrogens with one attached hydrogen (secondary N) is 2. The van der Waals surface area contributed by atoms with Gasteiger partial charge in [0.15, 0.2) is 5.76 Å². The lowest BCUT2D eigenvalue weighted by Gasteiger charge is -2.19. The number of aryl methyl sites for hydroxylation is 1. The Morgan fingerprint density at radius 3 is 2.72 bits per heavy atom. The van der Waals surface area contributed by atoms with Crippen molar-refractivity contribution in [3.05, 3.63) is 29.9 Å². The van der Waals surface area contributed by atoms with Crippen molar-refractivity contribution in [1.29, 1.82) is 0 Å². The van der Waals surface area contributed by atoms with Crippen LogP contribution in [-0.2, 0) is 6.42 Å². The lowest BCUT2D eigenvalue weighted by molar-refractivity contribution is 0.427. The summed E-state index contributed by atoms with van der Waals surface area (Å²) in [4.78, 5) is 7.65. The molecular formula is C14H21N3O. The van der Waals surface area contributed by atoms with Crippen molar-refractivity contribution < 1.29 is 4.42 Å². The minimum atomic E-state index is 0.146. The standard InChI is InChI=1S/C14H21N3O/c1-10-5-6-12(18-10)11-9-15-13(17-11)7-8-16-14(2,3)4/h5-6,9,16H,7-8H2,1-4H3,(H,15,17). The van der Waals surface area contributed by atoms with Gasteiger partial charge in [-0.25, -0.2) is 4.98 Å². The van der Waals surface area contributed by atoms with E-state index in [0.29, 0.717) is 0 Å². The molecule has 98 valence electrons. The highest BCUT2D eigenvalue weighted by atomic mass is 16.3. The maximum atomic E-state index is 5.55. The molecule has 0 atom stereocenters. The predicted octanol–water partition coefficient (Wildman–Crippen LogP) is 2.91. The average molecular weight is 247 g/mol. The molecule has 0 amide bonds. The third-order valence-electron chi connectivity index (χ3n) is 2.65. The number of hydrogen-bond acceptors (Lipinski definition) is 3. The summed E-state index contributed by atoms with van der Waals surface area (Å²) in [6.45, 7) is 9.33. The molecule has 0 aliphatic rings. The van der Waals surface area contributed by atoms with Crippen LogP contribution >= 0.6 is 0 Å². The van der Waals surface area contributed by atoms with Crippen LogP contribution in [0.2, 0.25) is 0 Å². The van der Waals surface area contributed by atoms with E-state index in [2.05, 4.69) is 36.1 Å². The fourth-order valence-electron chi connectivity index (χ4n) is 1.75. The summed E-state index contributed by atoms with van der Waals surface area (Å²) in [5.74, 6) is 2.74. The molecule has 2 aromatic rings. The van der Waals surface area contributed by atoms with E-state index in [1.807, 2.05) is 25.3 Å². The maximum Gasteiger partial charge on any atom is 0.152 e. The number of hydrogen-bond donors (Lipinski definition) is 2. The maximum absolute atomic E-state index is 5.55. The molecule has 0 aromatic carbocycles. The Morgan fingerprint density at radius 1 is 1.33 bits per heavy atom. The van der Waals surface area contributed by atoms with Crippen LogP contribution in [0.25, 0.3) is 11.5 Å². The van der Waals surface area contributed by atoms with Gasteiger partial charge in [0.1, 0.15) is 17.3 Å². The topological polar surface area (TPSA) is 53.9 Å². The Balaban J connectivity index is 1.94. The van der Waals surface area contributed by atoms with Crippen LogP contribution in [0.15, 0.2) is 22.7 Å². The van der Waals surface area contributed by atoms with E-state index in [0.717, 1.165) is 36.0 Å². The van der Waals surface area contributed by atoms with Crippen LogP contribution in [0, 0.1) is 6.92 Å². The van der Waals surface area contributed by atoms with Crippen LogP contribution in [0.3, 0.4) is 0 Å². The number of nitrogens with zero attached hydrogens (tertiary/aromatic N) is 1. The lowest BCUT2D eigenvalue weighted by Crippen LogP contribution is -2.37. The largest absolute Gasteiger partial charge is 0.460 e. The molecular weight excluding hydrogens is 226 g/mol. The van der Waals surface area contributed by atoms with E-state index in [4.69, 9.17) is 4.42 Å². The van der Waals surface area contributed by atoms with E-state index in [1.165, 1.54) is 0 Å². The summed E-state index contributed by atoms with van der Waals surface area (Å²) in [5.41, 5.74) is 1.09. The first-order valence-electron chi connectivity index (χ1n) is 6.30. The van der Waals surface area contributed by atoms with Gasteiger partial charge in [-0.1, -0.05) is 0 Å². The number of rotatable bonds is 4. The molecule has 0 saturated heterocycles. The summed E-state index contributed by atoms with van der Waals surface area (Å²) in [5, 5.41) is 3.44. The lowest BCUT2D eigenvalue weighted by atomic mass is 10.1. The third kappa shape index (κ3) is 3.47. The van der Waals surface area contributed by atoms with Crippen molar-refractivity contribution in [3.8, 4) is 11.5 Å². The Hall–Kier alpha value is -1.55. The molecule has 2 rings (SSSR count). The molecule has 2 aromatic heterocycles. The van der Waals surface area contributed by atoms with Crippen molar-refractivity contribution in [1.82, 2.24) is 15.3 Å². The number of aromatic amines is 1. The van der Waals surface area contributed by atoms with Crippen molar-refractivity contribution >= 4 is 0 Å². The molecule has 0 radical (unpaired) electrons. The minimum absolute atomic E-state index is 0.146. The van der Waals surface area contributed by atoms with Gasteiger partial charge in [0.05, 0.1) is 6.20 Å². The van der Waals surface area contributed by atoms with Crippen LogP contribution in [0.5, 0.6) is 0 Å². The quantitative estimate of drug-likeness (QED) is 0.873. The Bertz CT molecular complexity index is 505. The second-order valence-corrected chi connectivity index (χ2v) is 5.58. The fourth-order valence-corrected chi connectivity index (χ4v) is 1.75. The van der Waals surface area contributed by atoms with Crippen molar-refractivity contribution in [2.24, 2.45) is 0 Å². The normalized spacial score (nSPS) is 12.0. The first-order valence-corrected chi connectivity index (χ1v) is 6.30. The van der Waals surface area contributed by atoms with Gasteiger partial charge in [-0.15, -0.1) is 0 Å². The van der Waals surface area contributed by atoms with Gasteiger partial charge in [-0.3, -0.25) is 0 Å². The third-order valence-corrected chi connectivity index (χ3v) is 2.65. The molecule has 0 aliphatic heterocycles. The van der Waals surface area contributed by atoms with Crippen LogP contribution in [0.4, 0.5) is 0 Å². The monoisotopic (exact) mass is 247 g/mol. The van der Waals surface area contributed by atoms with Crippen molar-refractivity contribution in [3.63, 3.8) is 0 Å². The van der Waals surface area contributed by atoms with Gasteiger partial charge in [-0.2, -0.15) is 0 Å². The molecule has 2 heterocycles. The minimum Gasteiger partial charge on any atom is -0.460 e. The number of imidazole rings is 1. The summed E-state index contributed by atoms with van der Waals surface area (Å²) in [6, 6.07) is 3.91. The second-order valence-electron chi connectivity index (χ2n) is 5.58. The first-order chi connectivity index (χ1) is 8.44. The number of furan rings is 1. The van der Waals surface area contributed by atoms with E-state index < -0.39 is 0 Å². The molecule has 0 fully saturated rings. The number of aromatic nitrogens is 2. The highest BCUT2D eigenvalue weighted by molar-refractivity contribution is 5.51. The van der Waals surface area contributed by atoms with E-state index in [9.17, 15) is 0 Å². The van der Waals surface area contributed by atoms with Gasteiger partial charge < -0.3 is 14.7 Å². The Morgan fingerprint density at radius 2 is 2.11 bits per heavy atom. The molecule has 4 heteroatoms. The van der Waals surface area contributed by atoms with E-state index in [1.54, 1.807) is 0 Å². The average Bonchev–Trinajstić information content (AvgIpc) is 2.85. The smallest absolute Gasteiger partial charge is 0.152 e. The van der Waals surface area contributed by atoms with Crippen LogP contribution in [-0.4, -0.2) is 22.1 Å². The fraction of sp³-hybridized carbons (Fsp3) is 0.500. The molecule has 2 N–H and O–H groups in total. The zero-order valence-corrected chi connectivity index (χ0v) is 11.5. The molecule has 0 unspecified atom stereocenters. The zero-order valence-electron chi connectivity index (χ0n) is 11.5. The summed E-state index contributed by atoms with van der Waals surface area (Å²) in [7, 11) is 0. The molecule has 4 nitrogen and oxygen atoms in total. The molecule has 0 bridgehead atoms. The predicted molar refractivity (Wildman–Crippen MR) is 72.5 cm³/mol.